The summed E-state index contributed by atoms with van der Waals surface area (Å²) in [5.41, 5.74) is 2.25. The van der Waals surface area contributed by atoms with E-state index in [1.54, 1.807) is 12.1 Å². The van der Waals surface area contributed by atoms with Crippen molar-refractivity contribution in [3.8, 4) is 28.1 Å². The van der Waals surface area contributed by atoms with E-state index in [4.69, 9.17) is 4.52 Å². The Labute approximate surface area is 146 Å². The van der Waals surface area contributed by atoms with Crippen LogP contribution in [0.3, 0.4) is 0 Å². The molecule has 0 unspecified atom stereocenters. The summed E-state index contributed by atoms with van der Waals surface area (Å²) in [7, 11) is 0. The molecule has 0 aliphatic heterocycles. The Morgan fingerprint density at radius 2 is 1.60 bits per heavy atom. The maximum absolute atomic E-state index is 10.7. The van der Waals surface area contributed by atoms with E-state index in [0.717, 1.165) is 41.0 Å². The third-order valence-electron chi connectivity index (χ3n) is 5.25. The van der Waals surface area contributed by atoms with Crippen LogP contribution in [0.4, 0.5) is 0 Å². The van der Waals surface area contributed by atoms with Crippen LogP contribution in [-0.2, 0) is 5.41 Å². The number of hydrogen-bond acceptors (Lipinski definition) is 4. The number of hydrogen-bond donors (Lipinski definition) is 2. The Balaban J connectivity index is 1.94. The molecular weight excluding hydrogens is 314 g/mol. The van der Waals surface area contributed by atoms with Gasteiger partial charge in [-0.15, -0.1) is 0 Å². The molecule has 0 saturated heterocycles. The lowest BCUT2D eigenvalue weighted by atomic mass is 9.81. The van der Waals surface area contributed by atoms with Crippen molar-refractivity contribution < 1.29 is 14.7 Å². The molecule has 4 heteroatoms. The van der Waals surface area contributed by atoms with Crippen LogP contribution in [0.25, 0.3) is 22.4 Å². The highest BCUT2D eigenvalue weighted by atomic mass is 16.5. The number of aromatic hydroxyl groups is 1. The summed E-state index contributed by atoms with van der Waals surface area (Å²) in [5.74, 6) is 0.957. The lowest BCUT2D eigenvalue weighted by Crippen LogP contribution is -2.36. The minimum absolute atomic E-state index is 0.212. The van der Waals surface area contributed by atoms with Gasteiger partial charge >= 0.3 is 0 Å². The molecule has 128 valence electrons. The van der Waals surface area contributed by atoms with Crippen molar-refractivity contribution in [2.75, 3.05) is 0 Å². The molecule has 1 aliphatic rings. The van der Waals surface area contributed by atoms with Crippen LogP contribution in [0.15, 0.2) is 59.1 Å². The summed E-state index contributed by atoms with van der Waals surface area (Å²) in [6.07, 6.45) is 1.75. The van der Waals surface area contributed by atoms with Gasteiger partial charge in [0.15, 0.2) is 5.76 Å². The third-order valence-corrected chi connectivity index (χ3v) is 5.25. The van der Waals surface area contributed by atoms with E-state index in [-0.39, 0.29) is 5.75 Å². The van der Waals surface area contributed by atoms with Crippen molar-refractivity contribution >= 4 is 0 Å². The van der Waals surface area contributed by atoms with Crippen molar-refractivity contribution in [3.05, 3.63) is 60.4 Å². The van der Waals surface area contributed by atoms with Crippen LogP contribution >= 0.6 is 0 Å². The molecular formula is C21H21NO3. The predicted molar refractivity (Wildman–Crippen MR) is 96.2 cm³/mol. The van der Waals surface area contributed by atoms with Gasteiger partial charge in [0, 0.05) is 5.56 Å². The number of aliphatic hydroxyl groups is 1. The highest BCUT2D eigenvalue weighted by Gasteiger charge is 2.59. The van der Waals surface area contributed by atoms with Crippen molar-refractivity contribution in [3.63, 3.8) is 0 Å². The summed E-state index contributed by atoms with van der Waals surface area (Å²) in [6, 6.07) is 16.9. The molecule has 2 aromatic carbocycles. The number of phenols is 1. The van der Waals surface area contributed by atoms with Crippen LogP contribution in [0.2, 0.25) is 0 Å². The van der Waals surface area contributed by atoms with Crippen molar-refractivity contribution in [1.29, 1.82) is 0 Å². The Morgan fingerprint density at radius 1 is 0.960 bits per heavy atom. The number of phenolic OH excluding ortho intramolecular Hbond substituents is 1. The summed E-state index contributed by atoms with van der Waals surface area (Å²) < 4.78 is 5.82. The average molecular weight is 335 g/mol. The Kier molecular flexibility index (Phi) is 3.48. The second-order valence-corrected chi connectivity index (χ2v) is 7.29. The van der Waals surface area contributed by atoms with Crippen LogP contribution in [0.5, 0.6) is 5.75 Å². The van der Waals surface area contributed by atoms with Gasteiger partial charge in [-0.1, -0.05) is 35.5 Å². The van der Waals surface area contributed by atoms with Gasteiger partial charge in [-0.25, -0.2) is 0 Å². The molecule has 1 aliphatic carbocycles. The first-order valence-electron chi connectivity index (χ1n) is 8.50. The first-order chi connectivity index (χ1) is 11.9. The molecule has 0 amide bonds. The van der Waals surface area contributed by atoms with Crippen molar-refractivity contribution in [2.24, 2.45) is 0 Å². The van der Waals surface area contributed by atoms with Gasteiger partial charge in [-0.3, -0.25) is 0 Å². The molecule has 4 nitrogen and oxygen atoms in total. The summed E-state index contributed by atoms with van der Waals surface area (Å²) >= 11 is 0. The van der Waals surface area contributed by atoms with E-state index in [9.17, 15) is 10.2 Å². The molecule has 1 fully saturated rings. The summed E-state index contributed by atoms with van der Waals surface area (Å²) in [5, 5.41) is 24.6. The van der Waals surface area contributed by atoms with Gasteiger partial charge in [0.05, 0.1) is 16.6 Å². The number of nitrogens with zero attached hydrogens (tertiary/aromatic N) is 1. The lowest BCUT2D eigenvalue weighted by molar-refractivity contribution is 0.0279. The van der Waals surface area contributed by atoms with E-state index < -0.39 is 11.0 Å². The zero-order chi connectivity index (χ0) is 17.7. The van der Waals surface area contributed by atoms with E-state index in [1.165, 1.54) is 0 Å². The fourth-order valence-electron chi connectivity index (χ4n) is 3.55. The molecule has 0 spiro atoms. The van der Waals surface area contributed by atoms with Gasteiger partial charge in [0.2, 0.25) is 0 Å². The molecule has 25 heavy (non-hydrogen) atoms. The highest BCUT2D eigenvalue weighted by molar-refractivity contribution is 5.83. The topological polar surface area (TPSA) is 66.5 Å². The van der Waals surface area contributed by atoms with E-state index in [0.29, 0.717) is 0 Å². The standard InChI is InChI=1S/C21H21NO3/c1-20(2,24)21(12-13-21)19-17(14-6-4-3-5-7-14)18(22-25-19)15-8-10-16(23)11-9-15/h3-11,23-24H,12-13H2,1-2H3. The highest BCUT2D eigenvalue weighted by Crippen LogP contribution is 2.59. The lowest BCUT2D eigenvalue weighted by Gasteiger charge is -2.28. The summed E-state index contributed by atoms with van der Waals surface area (Å²) in [4.78, 5) is 0. The number of aromatic nitrogens is 1. The third kappa shape index (κ3) is 2.53. The second-order valence-electron chi connectivity index (χ2n) is 7.29. The molecule has 1 heterocycles. The van der Waals surface area contributed by atoms with Crippen LogP contribution in [-0.4, -0.2) is 21.0 Å². The van der Waals surface area contributed by atoms with E-state index >= 15 is 0 Å². The normalized spacial score (nSPS) is 16.0. The largest absolute Gasteiger partial charge is 0.508 e. The minimum Gasteiger partial charge on any atom is -0.508 e. The molecule has 1 aromatic heterocycles. The fourth-order valence-corrected chi connectivity index (χ4v) is 3.55. The Hall–Kier alpha value is -2.59. The number of benzene rings is 2. The van der Waals surface area contributed by atoms with Gasteiger partial charge in [-0.2, -0.15) is 0 Å². The quantitative estimate of drug-likeness (QED) is 0.736. The van der Waals surface area contributed by atoms with Gasteiger partial charge < -0.3 is 14.7 Å². The second kappa shape index (κ2) is 5.46. The summed E-state index contributed by atoms with van der Waals surface area (Å²) in [6.45, 7) is 3.66. The van der Waals surface area contributed by atoms with Crippen molar-refractivity contribution in [2.45, 2.75) is 37.7 Å². The molecule has 0 bridgehead atoms. The smallest absolute Gasteiger partial charge is 0.154 e. The predicted octanol–water partition coefficient (Wildman–Crippen LogP) is 4.52. The zero-order valence-corrected chi connectivity index (χ0v) is 14.4. The Morgan fingerprint density at radius 3 is 2.16 bits per heavy atom. The Bertz CT molecular complexity index is 885. The minimum atomic E-state index is -0.887. The molecule has 4 rings (SSSR count). The van der Waals surface area contributed by atoms with E-state index in [2.05, 4.69) is 5.16 Å². The molecule has 0 atom stereocenters. The zero-order valence-electron chi connectivity index (χ0n) is 14.4. The monoisotopic (exact) mass is 335 g/mol. The van der Waals surface area contributed by atoms with Crippen LogP contribution in [0, 0.1) is 0 Å². The van der Waals surface area contributed by atoms with Gasteiger partial charge in [-0.05, 0) is 56.5 Å². The van der Waals surface area contributed by atoms with Crippen LogP contribution in [0.1, 0.15) is 32.4 Å². The first-order valence-corrected chi connectivity index (χ1v) is 8.50. The fraction of sp³-hybridized carbons (Fsp3) is 0.286. The van der Waals surface area contributed by atoms with E-state index in [1.807, 2.05) is 56.3 Å². The molecule has 0 radical (unpaired) electrons. The maximum Gasteiger partial charge on any atom is 0.154 e. The van der Waals surface area contributed by atoms with Gasteiger partial charge in [0.1, 0.15) is 11.4 Å². The molecule has 2 N–H and O–H groups in total. The average Bonchev–Trinajstić information content (AvgIpc) is 3.30. The van der Waals surface area contributed by atoms with Gasteiger partial charge in [0.25, 0.3) is 0 Å². The van der Waals surface area contributed by atoms with Crippen LogP contribution < -0.4 is 0 Å². The number of rotatable bonds is 4. The molecule has 1 saturated carbocycles. The molecule has 3 aromatic rings. The SMILES string of the molecule is CC(C)(O)C1(c2onc(-c3ccc(O)cc3)c2-c2ccccc2)CC1. The first kappa shape index (κ1) is 15.9. The van der Waals surface area contributed by atoms with Crippen molar-refractivity contribution in [1.82, 2.24) is 5.16 Å². The maximum atomic E-state index is 10.7.